The number of benzene rings is 1. The number of nitrogens with zero attached hydrogens (tertiary/aromatic N) is 3. The van der Waals surface area contributed by atoms with Gasteiger partial charge in [-0.15, -0.1) is 0 Å². The van der Waals surface area contributed by atoms with E-state index in [4.69, 9.17) is 22.5 Å². The fraction of sp³-hybridized carbons (Fsp3) is 0.167. The van der Waals surface area contributed by atoms with Crippen LogP contribution in [-0.4, -0.2) is 20.8 Å². The Hall–Kier alpha value is -2.01. The monoisotopic (exact) mass is 264 g/mol. The molecule has 0 aliphatic heterocycles. The highest BCUT2D eigenvalue weighted by Crippen LogP contribution is 2.24. The summed E-state index contributed by atoms with van der Waals surface area (Å²) in [6.07, 6.45) is 0. The molecule has 1 aromatic carbocycles. The van der Waals surface area contributed by atoms with Crippen LogP contribution in [0.15, 0.2) is 29.4 Å². The molecule has 0 saturated heterocycles. The molecule has 5 nitrogen and oxygen atoms in total. The lowest BCUT2D eigenvalue weighted by Crippen LogP contribution is -2.17. The molecule has 0 atom stereocenters. The maximum atomic E-state index is 8.83. The number of aryl methyl sites for hydroxylation is 2. The maximum Gasteiger partial charge on any atom is 0.173 e. The van der Waals surface area contributed by atoms with Gasteiger partial charge >= 0.3 is 0 Å². The van der Waals surface area contributed by atoms with Gasteiger partial charge in [-0.05, 0) is 32.0 Å². The van der Waals surface area contributed by atoms with Crippen molar-refractivity contribution in [2.24, 2.45) is 10.9 Å². The van der Waals surface area contributed by atoms with Crippen LogP contribution in [0.1, 0.15) is 17.0 Å². The summed E-state index contributed by atoms with van der Waals surface area (Å²) in [5.74, 6) is -0.0387. The van der Waals surface area contributed by atoms with Crippen LogP contribution in [0.5, 0.6) is 0 Å². The van der Waals surface area contributed by atoms with Crippen molar-refractivity contribution >= 4 is 17.4 Å². The van der Waals surface area contributed by atoms with Crippen molar-refractivity contribution in [1.29, 1.82) is 0 Å². The van der Waals surface area contributed by atoms with E-state index in [-0.39, 0.29) is 5.84 Å². The zero-order valence-corrected chi connectivity index (χ0v) is 10.8. The van der Waals surface area contributed by atoms with E-state index in [2.05, 4.69) is 10.3 Å². The Morgan fingerprint density at radius 1 is 1.44 bits per heavy atom. The number of amidine groups is 1. The largest absolute Gasteiger partial charge is 0.409 e. The van der Waals surface area contributed by atoms with Gasteiger partial charge in [0, 0.05) is 5.69 Å². The van der Waals surface area contributed by atoms with E-state index in [0.717, 1.165) is 11.4 Å². The molecule has 18 heavy (non-hydrogen) atoms. The van der Waals surface area contributed by atoms with Crippen molar-refractivity contribution < 1.29 is 5.21 Å². The fourth-order valence-electron chi connectivity index (χ4n) is 1.87. The molecular formula is C12H13ClN4O. The minimum atomic E-state index is -0.0387. The lowest BCUT2D eigenvalue weighted by atomic mass is 10.1. The van der Waals surface area contributed by atoms with E-state index in [1.54, 1.807) is 16.8 Å². The van der Waals surface area contributed by atoms with Crippen molar-refractivity contribution in [3.63, 3.8) is 0 Å². The first-order chi connectivity index (χ1) is 8.54. The zero-order valence-electron chi connectivity index (χ0n) is 10.1. The average Bonchev–Trinajstić information content (AvgIpc) is 2.67. The summed E-state index contributed by atoms with van der Waals surface area (Å²) in [6.45, 7) is 3.83. The number of oxime groups is 1. The number of nitrogens with two attached hydrogens (primary N) is 1. The molecule has 3 N–H and O–H groups in total. The van der Waals surface area contributed by atoms with Crippen molar-refractivity contribution in [1.82, 2.24) is 9.78 Å². The molecule has 2 rings (SSSR count). The van der Waals surface area contributed by atoms with Gasteiger partial charge in [0.25, 0.3) is 0 Å². The minimum Gasteiger partial charge on any atom is -0.409 e. The summed E-state index contributed by atoms with van der Waals surface area (Å²) in [4.78, 5) is 0. The molecule has 0 bridgehead atoms. The summed E-state index contributed by atoms with van der Waals surface area (Å²) in [5.41, 5.74) is 8.65. The summed E-state index contributed by atoms with van der Waals surface area (Å²) in [5, 5.41) is 16.6. The molecule has 1 aromatic heterocycles. The number of aromatic nitrogens is 2. The molecule has 0 aliphatic rings. The van der Waals surface area contributed by atoms with E-state index in [9.17, 15) is 0 Å². The van der Waals surface area contributed by atoms with E-state index in [0.29, 0.717) is 16.3 Å². The molecule has 0 fully saturated rings. The van der Waals surface area contributed by atoms with E-state index in [1.807, 2.05) is 26.0 Å². The number of halogens is 1. The van der Waals surface area contributed by atoms with Gasteiger partial charge in [0.15, 0.2) is 5.84 Å². The first-order valence-corrected chi connectivity index (χ1v) is 5.72. The second-order valence-corrected chi connectivity index (χ2v) is 4.37. The number of rotatable bonds is 2. The zero-order chi connectivity index (χ0) is 13.3. The van der Waals surface area contributed by atoms with Gasteiger partial charge in [-0.1, -0.05) is 22.8 Å². The highest BCUT2D eigenvalue weighted by molar-refractivity contribution is 6.34. The van der Waals surface area contributed by atoms with E-state index < -0.39 is 0 Å². The van der Waals surface area contributed by atoms with Gasteiger partial charge in [-0.25, -0.2) is 4.68 Å². The smallest absolute Gasteiger partial charge is 0.173 e. The Bertz CT molecular complexity index is 619. The van der Waals surface area contributed by atoms with Crippen LogP contribution in [0.2, 0.25) is 5.02 Å². The van der Waals surface area contributed by atoms with Crippen LogP contribution in [0.4, 0.5) is 0 Å². The number of hydrogen-bond donors (Lipinski definition) is 2. The first-order valence-electron chi connectivity index (χ1n) is 5.34. The van der Waals surface area contributed by atoms with Crippen LogP contribution in [-0.2, 0) is 0 Å². The molecule has 2 aromatic rings. The van der Waals surface area contributed by atoms with Crippen LogP contribution in [0.3, 0.4) is 0 Å². The van der Waals surface area contributed by atoms with Gasteiger partial charge in [0.05, 0.1) is 22.0 Å². The van der Waals surface area contributed by atoms with Crippen LogP contribution >= 0.6 is 11.6 Å². The van der Waals surface area contributed by atoms with E-state index in [1.165, 1.54) is 0 Å². The average molecular weight is 265 g/mol. The third-order valence-electron chi connectivity index (χ3n) is 2.59. The van der Waals surface area contributed by atoms with Crippen molar-refractivity contribution in [3.05, 3.63) is 46.2 Å². The second-order valence-electron chi connectivity index (χ2n) is 3.96. The quantitative estimate of drug-likeness (QED) is 0.378. The van der Waals surface area contributed by atoms with Crippen LogP contribution in [0.25, 0.3) is 5.69 Å². The van der Waals surface area contributed by atoms with Gasteiger partial charge in [0.1, 0.15) is 0 Å². The predicted molar refractivity (Wildman–Crippen MR) is 70.6 cm³/mol. The molecule has 0 spiro atoms. The molecule has 0 radical (unpaired) electrons. The lowest BCUT2D eigenvalue weighted by molar-refractivity contribution is 0.318. The third-order valence-corrected chi connectivity index (χ3v) is 2.91. The summed E-state index contributed by atoms with van der Waals surface area (Å²) in [7, 11) is 0. The molecule has 0 amide bonds. The standard InChI is InChI=1S/C12H13ClN4O/c1-7-6-8(2)17(15-7)10-5-3-4-9(13)11(10)12(14)16-18/h3-6,18H,1-2H3,(H2,14,16). The Balaban J connectivity index is 2.72. The van der Waals surface area contributed by atoms with Crippen molar-refractivity contribution in [2.75, 3.05) is 0 Å². The molecule has 6 heteroatoms. The van der Waals surface area contributed by atoms with Gasteiger partial charge in [-0.2, -0.15) is 5.10 Å². The lowest BCUT2D eigenvalue weighted by Gasteiger charge is -2.11. The first kappa shape index (κ1) is 12.4. The molecule has 94 valence electrons. The predicted octanol–water partition coefficient (Wildman–Crippen LogP) is 2.24. The van der Waals surface area contributed by atoms with Crippen LogP contribution in [0, 0.1) is 13.8 Å². The Morgan fingerprint density at radius 2 is 2.17 bits per heavy atom. The fourth-order valence-corrected chi connectivity index (χ4v) is 2.13. The highest BCUT2D eigenvalue weighted by atomic mass is 35.5. The SMILES string of the molecule is Cc1cc(C)n(-c2cccc(Cl)c2C(N)=NO)n1. The Kier molecular flexibility index (Phi) is 3.25. The highest BCUT2D eigenvalue weighted by Gasteiger charge is 2.15. The maximum absolute atomic E-state index is 8.83. The molecular weight excluding hydrogens is 252 g/mol. The molecule has 0 aliphatic carbocycles. The van der Waals surface area contributed by atoms with Crippen molar-refractivity contribution in [3.8, 4) is 5.69 Å². The third kappa shape index (κ3) is 2.04. The van der Waals surface area contributed by atoms with Gasteiger partial charge in [-0.3, -0.25) is 0 Å². The van der Waals surface area contributed by atoms with Crippen LogP contribution < -0.4 is 5.73 Å². The summed E-state index contributed by atoms with van der Waals surface area (Å²) < 4.78 is 1.72. The second kappa shape index (κ2) is 4.70. The van der Waals surface area contributed by atoms with Gasteiger partial charge in [0.2, 0.25) is 0 Å². The van der Waals surface area contributed by atoms with Crippen molar-refractivity contribution in [2.45, 2.75) is 13.8 Å². The molecule has 1 heterocycles. The topological polar surface area (TPSA) is 76.4 Å². The molecule has 0 saturated carbocycles. The molecule has 0 unspecified atom stereocenters. The van der Waals surface area contributed by atoms with Gasteiger partial charge < -0.3 is 10.9 Å². The number of hydrogen-bond acceptors (Lipinski definition) is 3. The normalized spacial score (nSPS) is 11.8. The summed E-state index contributed by atoms with van der Waals surface area (Å²) >= 11 is 6.10. The summed E-state index contributed by atoms with van der Waals surface area (Å²) in [6, 6.07) is 7.24. The van der Waals surface area contributed by atoms with E-state index >= 15 is 0 Å². The minimum absolute atomic E-state index is 0.0387. The Morgan fingerprint density at radius 3 is 2.72 bits per heavy atom. The Labute approximate surface area is 109 Å².